The van der Waals surface area contributed by atoms with E-state index in [9.17, 15) is 55.9 Å². The van der Waals surface area contributed by atoms with Gasteiger partial charge in [-0.2, -0.15) is 0 Å². The molecule has 43 heavy (non-hydrogen) atoms. The lowest BCUT2D eigenvalue weighted by molar-refractivity contribution is -0.277. The van der Waals surface area contributed by atoms with Gasteiger partial charge < -0.3 is 74.4 Å². The van der Waals surface area contributed by atoms with Crippen molar-refractivity contribution in [2.75, 3.05) is 13.2 Å². The zero-order chi connectivity index (χ0) is 31.2. The van der Waals surface area contributed by atoms with Crippen molar-refractivity contribution < 1.29 is 74.4 Å². The molecule has 3 aromatic rings. The van der Waals surface area contributed by atoms with E-state index in [2.05, 4.69) is 0 Å². The molecule has 2 aliphatic heterocycles. The third-order valence-corrected chi connectivity index (χ3v) is 7.21. The minimum Gasteiger partial charge on any atom is -0.508 e. The largest absolute Gasteiger partial charge is 0.508 e. The molecule has 2 aromatic carbocycles. The van der Waals surface area contributed by atoms with E-state index in [0.29, 0.717) is 0 Å². The molecule has 2 saturated heterocycles. The Labute approximate surface area is 241 Å². The Hall–Kier alpha value is -3.55. The number of aliphatic hydroxyl groups is 8. The lowest BCUT2D eigenvalue weighted by Crippen LogP contribution is -2.60. The summed E-state index contributed by atoms with van der Waals surface area (Å²) in [6, 6.07) is 6.82. The van der Waals surface area contributed by atoms with E-state index < -0.39 is 85.8 Å². The molecule has 0 aliphatic carbocycles. The highest BCUT2D eigenvalue weighted by Crippen LogP contribution is 2.38. The number of rotatable bonds is 7. The molecule has 5 rings (SSSR count). The van der Waals surface area contributed by atoms with E-state index >= 15 is 0 Å². The summed E-state index contributed by atoms with van der Waals surface area (Å²) in [6.07, 6.45) is -16.1. The Bertz CT molecular complexity index is 1500. The second-order valence-corrected chi connectivity index (χ2v) is 10.1. The molecule has 10 atom stereocenters. The van der Waals surface area contributed by atoms with Crippen LogP contribution in [-0.2, 0) is 9.47 Å². The van der Waals surface area contributed by atoms with Crippen LogP contribution in [0, 0.1) is 0 Å². The minimum atomic E-state index is -1.78. The predicted molar refractivity (Wildman–Crippen MR) is 140 cm³/mol. The van der Waals surface area contributed by atoms with E-state index in [1.807, 2.05) is 0 Å². The zero-order valence-electron chi connectivity index (χ0n) is 22.1. The average molecular weight is 611 g/mol. The van der Waals surface area contributed by atoms with Gasteiger partial charge in [-0.25, -0.2) is 0 Å². The molecule has 234 valence electrons. The smallest absolute Gasteiger partial charge is 0.229 e. The predicted octanol–water partition coefficient (Wildman–Crippen LogP) is -2.77. The molecule has 16 heteroatoms. The van der Waals surface area contributed by atoms with E-state index in [-0.39, 0.29) is 39.5 Å². The van der Waals surface area contributed by atoms with Gasteiger partial charge in [0.25, 0.3) is 0 Å². The van der Waals surface area contributed by atoms with Crippen molar-refractivity contribution in [3.05, 3.63) is 46.6 Å². The summed E-state index contributed by atoms with van der Waals surface area (Å²) in [5, 5.41) is 100. The molecule has 2 aliphatic rings. The maximum Gasteiger partial charge on any atom is 0.229 e. The molecule has 1 aromatic heterocycles. The van der Waals surface area contributed by atoms with Crippen LogP contribution in [0.3, 0.4) is 0 Å². The molecular formula is C27H30O16. The quantitative estimate of drug-likeness (QED) is 0.130. The van der Waals surface area contributed by atoms with Crippen LogP contribution in [0.2, 0.25) is 0 Å². The first-order valence-corrected chi connectivity index (χ1v) is 13.0. The number of aliphatic hydroxyl groups excluding tert-OH is 8. The molecule has 0 bridgehead atoms. The van der Waals surface area contributed by atoms with Crippen molar-refractivity contribution in [2.45, 2.75) is 61.4 Å². The van der Waals surface area contributed by atoms with Crippen molar-refractivity contribution >= 4 is 11.0 Å². The number of hydrogen-bond donors (Lipinski definition) is 10. The standard InChI is InChI=1S/C27H30O16/c28-7-17-20(33)22(35)24(37)26(42-17)39-10-4-12(31)19-13(32)6-15(40-16(19)5-10)11-2-1-9(30)3-14(11)41-27-25(38)23(36)21(34)18(8-29)43-27/h1-6,17-18,20-31,33-38H,7-8H2. The fourth-order valence-corrected chi connectivity index (χ4v) is 4.85. The number of aromatic hydroxyl groups is 2. The number of phenols is 2. The fourth-order valence-electron chi connectivity index (χ4n) is 4.85. The molecule has 0 spiro atoms. The van der Waals surface area contributed by atoms with Gasteiger partial charge in [-0.3, -0.25) is 4.79 Å². The number of benzene rings is 2. The Morgan fingerprint density at radius 1 is 0.698 bits per heavy atom. The second-order valence-electron chi connectivity index (χ2n) is 10.1. The van der Waals surface area contributed by atoms with Crippen LogP contribution in [0.5, 0.6) is 23.0 Å². The molecule has 0 radical (unpaired) electrons. The van der Waals surface area contributed by atoms with Crippen LogP contribution < -0.4 is 14.9 Å². The minimum absolute atomic E-state index is 0.0357. The van der Waals surface area contributed by atoms with Gasteiger partial charge in [0.05, 0.1) is 18.8 Å². The summed E-state index contributed by atoms with van der Waals surface area (Å²) < 4.78 is 27.8. The van der Waals surface area contributed by atoms with Crippen molar-refractivity contribution in [1.29, 1.82) is 0 Å². The number of phenolic OH excluding ortho intramolecular Hbond substituents is 2. The van der Waals surface area contributed by atoms with E-state index in [0.717, 1.165) is 18.2 Å². The zero-order valence-corrected chi connectivity index (χ0v) is 22.1. The Balaban J connectivity index is 1.50. The molecule has 2 fully saturated rings. The Kier molecular flexibility index (Phi) is 8.77. The van der Waals surface area contributed by atoms with Crippen LogP contribution in [0.4, 0.5) is 0 Å². The topological polar surface area (TPSA) is 269 Å². The summed E-state index contributed by atoms with van der Waals surface area (Å²) in [6.45, 7) is -1.42. The Morgan fingerprint density at radius 3 is 1.86 bits per heavy atom. The third kappa shape index (κ3) is 5.85. The highest BCUT2D eigenvalue weighted by molar-refractivity contribution is 5.86. The lowest BCUT2D eigenvalue weighted by Gasteiger charge is -2.39. The first-order chi connectivity index (χ1) is 20.4. The van der Waals surface area contributed by atoms with Crippen LogP contribution in [0.15, 0.2) is 45.6 Å². The van der Waals surface area contributed by atoms with Crippen LogP contribution in [-0.4, -0.2) is 126 Å². The van der Waals surface area contributed by atoms with Gasteiger partial charge in [-0.1, -0.05) is 0 Å². The summed E-state index contributed by atoms with van der Waals surface area (Å²) in [5.41, 5.74) is -0.914. The van der Waals surface area contributed by atoms with Gasteiger partial charge in [-0.15, -0.1) is 0 Å². The van der Waals surface area contributed by atoms with Gasteiger partial charge in [0.1, 0.15) is 88.6 Å². The molecule has 10 unspecified atom stereocenters. The molecule has 3 heterocycles. The van der Waals surface area contributed by atoms with Gasteiger partial charge >= 0.3 is 0 Å². The lowest BCUT2D eigenvalue weighted by atomic mass is 9.99. The maximum atomic E-state index is 13.0. The van der Waals surface area contributed by atoms with Gasteiger partial charge in [-0.05, 0) is 12.1 Å². The van der Waals surface area contributed by atoms with Crippen LogP contribution in [0.1, 0.15) is 0 Å². The third-order valence-electron chi connectivity index (χ3n) is 7.21. The SMILES string of the molecule is O=c1cc(-c2ccc(O)cc2OC2OC(CO)C(O)C(O)C2O)oc2cc(OC3OC(CO)C(O)C(O)C3O)cc(O)c12. The summed E-state index contributed by atoms with van der Waals surface area (Å²) in [5.74, 6) is -1.45. The highest BCUT2D eigenvalue weighted by atomic mass is 16.7. The molecule has 0 saturated carbocycles. The summed E-state index contributed by atoms with van der Waals surface area (Å²) in [7, 11) is 0. The highest BCUT2D eigenvalue weighted by Gasteiger charge is 2.46. The van der Waals surface area contributed by atoms with E-state index in [4.69, 9.17) is 23.4 Å². The fraction of sp³-hybridized carbons (Fsp3) is 0.444. The van der Waals surface area contributed by atoms with Gasteiger partial charge in [0, 0.05) is 24.3 Å². The number of fused-ring (bicyclic) bond motifs is 1. The maximum absolute atomic E-state index is 13.0. The Morgan fingerprint density at radius 2 is 1.28 bits per heavy atom. The molecule has 10 N–H and O–H groups in total. The van der Waals surface area contributed by atoms with Crippen molar-refractivity contribution in [2.24, 2.45) is 0 Å². The van der Waals surface area contributed by atoms with E-state index in [1.165, 1.54) is 18.2 Å². The average Bonchev–Trinajstić information content (AvgIpc) is 2.97. The van der Waals surface area contributed by atoms with Gasteiger partial charge in [0.15, 0.2) is 5.43 Å². The first kappa shape index (κ1) is 30.9. The van der Waals surface area contributed by atoms with Crippen LogP contribution >= 0.6 is 0 Å². The van der Waals surface area contributed by atoms with Crippen molar-refractivity contribution in [3.8, 4) is 34.3 Å². The normalized spacial score (nSPS) is 32.9. The summed E-state index contributed by atoms with van der Waals surface area (Å²) in [4.78, 5) is 13.0. The van der Waals surface area contributed by atoms with Gasteiger partial charge in [0.2, 0.25) is 12.6 Å². The first-order valence-electron chi connectivity index (χ1n) is 13.0. The second kappa shape index (κ2) is 12.2. The van der Waals surface area contributed by atoms with Crippen LogP contribution in [0.25, 0.3) is 22.3 Å². The molecular weight excluding hydrogens is 580 g/mol. The molecule has 16 nitrogen and oxygen atoms in total. The van der Waals surface area contributed by atoms with E-state index in [1.54, 1.807) is 0 Å². The van der Waals surface area contributed by atoms with Crippen molar-refractivity contribution in [3.63, 3.8) is 0 Å². The van der Waals surface area contributed by atoms with Crippen molar-refractivity contribution in [1.82, 2.24) is 0 Å². The number of hydrogen-bond acceptors (Lipinski definition) is 16. The summed E-state index contributed by atoms with van der Waals surface area (Å²) >= 11 is 0. The number of ether oxygens (including phenoxy) is 4. The monoisotopic (exact) mass is 610 g/mol. The molecule has 0 amide bonds.